The Morgan fingerprint density at radius 3 is 2.70 bits per heavy atom. The number of hydrogen-bond acceptors (Lipinski definition) is 2. The van der Waals surface area contributed by atoms with E-state index >= 15 is 0 Å². The summed E-state index contributed by atoms with van der Waals surface area (Å²) in [5, 5.41) is 5.30. The highest BCUT2D eigenvalue weighted by atomic mass is 35.5. The smallest absolute Gasteiger partial charge is 0.0624 e. The molecule has 0 aliphatic heterocycles. The molecule has 0 fully saturated rings. The zero-order valence-corrected chi connectivity index (χ0v) is 13.1. The summed E-state index contributed by atoms with van der Waals surface area (Å²) >= 11 is 6.08. The molecule has 2 aromatic rings. The molecule has 0 bridgehead atoms. The van der Waals surface area contributed by atoms with E-state index in [1.165, 1.54) is 11.3 Å². The van der Waals surface area contributed by atoms with E-state index in [-0.39, 0.29) is 6.04 Å². The van der Waals surface area contributed by atoms with Gasteiger partial charge in [-0.1, -0.05) is 24.6 Å². The minimum atomic E-state index is -0.0552. The number of aromatic nitrogens is 2. The first kappa shape index (κ1) is 15.1. The Balaban J connectivity index is 2.24. The number of hydrogen-bond donors (Lipinski definition) is 1. The first-order valence-corrected chi connectivity index (χ1v) is 7.50. The third-order valence-corrected chi connectivity index (χ3v) is 3.88. The van der Waals surface area contributed by atoms with E-state index in [9.17, 15) is 0 Å². The van der Waals surface area contributed by atoms with Gasteiger partial charge < -0.3 is 5.73 Å². The summed E-state index contributed by atoms with van der Waals surface area (Å²) < 4.78 is 2.04. The average molecular weight is 292 g/mol. The maximum atomic E-state index is 6.37. The zero-order valence-electron chi connectivity index (χ0n) is 12.4. The SMILES string of the molecule is CCc1cc(CC(N)c2cc(Cl)ccc2C)n(CC)n1. The first-order chi connectivity index (χ1) is 9.55. The highest BCUT2D eigenvalue weighted by Gasteiger charge is 2.14. The number of rotatable bonds is 5. The van der Waals surface area contributed by atoms with Gasteiger partial charge in [0.1, 0.15) is 0 Å². The standard InChI is InChI=1S/C16H22ClN3/c1-4-13-9-14(20(5-2)19-13)10-16(18)15-8-12(17)7-6-11(15)3/h6-9,16H,4-5,10,18H2,1-3H3. The Bertz CT molecular complexity index is 589. The van der Waals surface area contributed by atoms with Gasteiger partial charge in [-0.2, -0.15) is 5.10 Å². The molecule has 1 unspecified atom stereocenters. The second-order valence-corrected chi connectivity index (χ2v) is 5.54. The lowest BCUT2D eigenvalue weighted by atomic mass is 9.98. The third kappa shape index (κ3) is 3.22. The maximum Gasteiger partial charge on any atom is 0.0624 e. The van der Waals surface area contributed by atoms with Crippen LogP contribution >= 0.6 is 11.6 Å². The lowest BCUT2D eigenvalue weighted by molar-refractivity contribution is 0.584. The highest BCUT2D eigenvalue weighted by molar-refractivity contribution is 6.30. The summed E-state index contributed by atoms with van der Waals surface area (Å²) in [5.41, 5.74) is 11.0. The average Bonchev–Trinajstić information content (AvgIpc) is 2.83. The zero-order chi connectivity index (χ0) is 14.7. The van der Waals surface area contributed by atoms with Gasteiger partial charge in [-0.3, -0.25) is 4.68 Å². The number of halogens is 1. The van der Waals surface area contributed by atoms with Crippen molar-refractivity contribution in [2.24, 2.45) is 5.73 Å². The van der Waals surface area contributed by atoms with Crippen LogP contribution in [0.4, 0.5) is 0 Å². The van der Waals surface area contributed by atoms with E-state index in [1.54, 1.807) is 0 Å². The molecule has 0 saturated carbocycles. The molecule has 0 amide bonds. The summed E-state index contributed by atoms with van der Waals surface area (Å²) in [4.78, 5) is 0. The summed E-state index contributed by atoms with van der Waals surface area (Å²) in [6.45, 7) is 7.16. The van der Waals surface area contributed by atoms with Crippen molar-refractivity contribution in [1.29, 1.82) is 0 Å². The van der Waals surface area contributed by atoms with Crippen molar-refractivity contribution >= 4 is 11.6 Å². The monoisotopic (exact) mass is 291 g/mol. The predicted molar refractivity (Wildman–Crippen MR) is 84.1 cm³/mol. The van der Waals surface area contributed by atoms with Gasteiger partial charge in [0.15, 0.2) is 0 Å². The van der Waals surface area contributed by atoms with Crippen LogP contribution in [0.25, 0.3) is 0 Å². The summed E-state index contributed by atoms with van der Waals surface area (Å²) in [6, 6.07) is 7.99. The molecule has 3 nitrogen and oxygen atoms in total. The van der Waals surface area contributed by atoms with E-state index in [0.29, 0.717) is 0 Å². The highest BCUT2D eigenvalue weighted by Crippen LogP contribution is 2.23. The van der Waals surface area contributed by atoms with E-state index in [4.69, 9.17) is 17.3 Å². The van der Waals surface area contributed by atoms with E-state index < -0.39 is 0 Å². The molecule has 1 heterocycles. The van der Waals surface area contributed by atoms with Crippen LogP contribution in [-0.2, 0) is 19.4 Å². The number of nitrogens with two attached hydrogens (primary N) is 1. The molecule has 1 aromatic carbocycles. The normalized spacial score (nSPS) is 12.7. The quantitative estimate of drug-likeness (QED) is 0.913. The predicted octanol–water partition coefficient (Wildman–Crippen LogP) is 3.67. The number of aryl methyl sites for hydroxylation is 3. The molecule has 108 valence electrons. The molecule has 0 aliphatic carbocycles. The van der Waals surface area contributed by atoms with Crippen molar-refractivity contribution in [2.75, 3.05) is 0 Å². The van der Waals surface area contributed by atoms with Gasteiger partial charge in [-0.15, -0.1) is 0 Å². The number of benzene rings is 1. The fourth-order valence-corrected chi connectivity index (χ4v) is 2.65. The molecule has 0 spiro atoms. The fraction of sp³-hybridized carbons (Fsp3) is 0.438. The second kappa shape index (κ2) is 6.42. The van der Waals surface area contributed by atoms with Crippen molar-refractivity contribution in [3.63, 3.8) is 0 Å². The maximum absolute atomic E-state index is 6.37. The Morgan fingerprint density at radius 2 is 2.05 bits per heavy atom. The molecule has 20 heavy (non-hydrogen) atoms. The topological polar surface area (TPSA) is 43.8 Å². The lowest BCUT2D eigenvalue weighted by Gasteiger charge is -2.15. The van der Waals surface area contributed by atoms with Crippen molar-refractivity contribution in [1.82, 2.24) is 9.78 Å². The third-order valence-electron chi connectivity index (χ3n) is 3.65. The summed E-state index contributed by atoms with van der Waals surface area (Å²) in [7, 11) is 0. The van der Waals surface area contributed by atoms with Gasteiger partial charge in [0, 0.05) is 29.7 Å². The molecule has 1 atom stereocenters. The number of nitrogens with zero attached hydrogens (tertiary/aromatic N) is 2. The van der Waals surface area contributed by atoms with E-state index in [1.807, 2.05) is 22.9 Å². The largest absolute Gasteiger partial charge is 0.324 e. The Hall–Kier alpha value is -1.32. The van der Waals surface area contributed by atoms with Gasteiger partial charge >= 0.3 is 0 Å². The molecule has 1 aromatic heterocycles. The Labute approximate surface area is 125 Å². The Morgan fingerprint density at radius 1 is 1.30 bits per heavy atom. The fourth-order valence-electron chi connectivity index (χ4n) is 2.47. The molecule has 0 aliphatic rings. The summed E-state index contributed by atoms with van der Waals surface area (Å²) in [5.74, 6) is 0. The van der Waals surface area contributed by atoms with Crippen LogP contribution in [0.3, 0.4) is 0 Å². The summed E-state index contributed by atoms with van der Waals surface area (Å²) in [6.07, 6.45) is 1.73. The van der Waals surface area contributed by atoms with Crippen LogP contribution in [-0.4, -0.2) is 9.78 Å². The molecular formula is C16H22ClN3. The molecular weight excluding hydrogens is 270 g/mol. The van der Waals surface area contributed by atoms with Crippen LogP contribution in [0.2, 0.25) is 5.02 Å². The van der Waals surface area contributed by atoms with Crippen molar-refractivity contribution in [3.8, 4) is 0 Å². The van der Waals surface area contributed by atoms with Crippen LogP contribution in [0.1, 0.15) is 42.4 Å². The minimum absolute atomic E-state index is 0.0552. The van der Waals surface area contributed by atoms with Gasteiger partial charge in [0.05, 0.1) is 5.69 Å². The molecule has 2 rings (SSSR count). The van der Waals surface area contributed by atoms with Crippen molar-refractivity contribution in [3.05, 3.63) is 51.8 Å². The van der Waals surface area contributed by atoms with Crippen LogP contribution in [0.5, 0.6) is 0 Å². The van der Waals surface area contributed by atoms with Gasteiger partial charge in [0.2, 0.25) is 0 Å². The molecule has 0 radical (unpaired) electrons. The van der Waals surface area contributed by atoms with Gasteiger partial charge in [0.25, 0.3) is 0 Å². The van der Waals surface area contributed by atoms with E-state index in [0.717, 1.165) is 35.7 Å². The minimum Gasteiger partial charge on any atom is -0.324 e. The van der Waals surface area contributed by atoms with Gasteiger partial charge in [-0.05, 0) is 49.6 Å². The second-order valence-electron chi connectivity index (χ2n) is 5.11. The lowest BCUT2D eigenvalue weighted by Crippen LogP contribution is -2.17. The van der Waals surface area contributed by atoms with Crippen molar-refractivity contribution < 1.29 is 0 Å². The van der Waals surface area contributed by atoms with Crippen LogP contribution < -0.4 is 5.73 Å². The van der Waals surface area contributed by atoms with Crippen LogP contribution in [0.15, 0.2) is 24.3 Å². The Kier molecular flexibility index (Phi) is 4.84. The van der Waals surface area contributed by atoms with Gasteiger partial charge in [-0.25, -0.2) is 0 Å². The molecule has 4 heteroatoms. The van der Waals surface area contributed by atoms with E-state index in [2.05, 4.69) is 31.9 Å². The van der Waals surface area contributed by atoms with Crippen LogP contribution in [0, 0.1) is 6.92 Å². The van der Waals surface area contributed by atoms with Crippen molar-refractivity contribution in [2.45, 2.75) is 46.2 Å². The molecule has 2 N–H and O–H groups in total. The molecule has 0 saturated heterocycles. The first-order valence-electron chi connectivity index (χ1n) is 7.12.